The molecule has 2 aliphatic rings. The average molecular weight is 278 g/mol. The second-order valence-corrected chi connectivity index (χ2v) is 5.62. The minimum atomic E-state index is -0.0543. The van der Waals surface area contributed by atoms with Gasteiger partial charge in [0.2, 0.25) is 0 Å². The minimum absolute atomic E-state index is 0.0543. The standard InChI is InChI=1S/C14H22N4O2/c1-2-4-9-12(15)13(17-16-9)14(19)18-7-8-20-11-6-3-5-10(11)18/h10-11H,2-8,15H2,1H3,(H,16,17). The Hall–Kier alpha value is -1.56. The van der Waals surface area contributed by atoms with Crippen LogP contribution in [0.3, 0.4) is 0 Å². The van der Waals surface area contributed by atoms with E-state index in [2.05, 4.69) is 17.1 Å². The van der Waals surface area contributed by atoms with Crippen molar-refractivity contribution >= 4 is 11.6 Å². The van der Waals surface area contributed by atoms with Crippen LogP contribution in [0.2, 0.25) is 0 Å². The van der Waals surface area contributed by atoms with Crippen LogP contribution in [-0.4, -0.2) is 46.3 Å². The molecular weight excluding hydrogens is 256 g/mol. The van der Waals surface area contributed by atoms with Crippen molar-refractivity contribution in [3.05, 3.63) is 11.4 Å². The van der Waals surface area contributed by atoms with Crippen molar-refractivity contribution in [1.29, 1.82) is 0 Å². The zero-order chi connectivity index (χ0) is 14.1. The topological polar surface area (TPSA) is 84.2 Å². The fraction of sp³-hybridized carbons (Fsp3) is 0.714. The number of ether oxygens (including phenoxy) is 1. The first-order valence-corrected chi connectivity index (χ1v) is 7.47. The lowest BCUT2D eigenvalue weighted by Gasteiger charge is -2.37. The summed E-state index contributed by atoms with van der Waals surface area (Å²) in [5.41, 5.74) is 7.82. The Labute approximate surface area is 118 Å². The molecule has 20 heavy (non-hydrogen) atoms. The number of nitrogens with zero attached hydrogens (tertiary/aromatic N) is 2. The summed E-state index contributed by atoms with van der Waals surface area (Å²) in [5, 5.41) is 7.04. The van der Waals surface area contributed by atoms with Crippen LogP contribution >= 0.6 is 0 Å². The number of amides is 1. The number of hydrogen-bond acceptors (Lipinski definition) is 4. The SMILES string of the molecule is CCCc1[nH]nc(C(=O)N2CCOC3CCCC32)c1N. The molecule has 1 saturated carbocycles. The Morgan fingerprint density at radius 3 is 3.20 bits per heavy atom. The van der Waals surface area contributed by atoms with Gasteiger partial charge in [-0.05, 0) is 25.7 Å². The van der Waals surface area contributed by atoms with Gasteiger partial charge in [-0.15, -0.1) is 0 Å². The van der Waals surface area contributed by atoms with E-state index in [-0.39, 0.29) is 18.1 Å². The summed E-state index contributed by atoms with van der Waals surface area (Å²) in [7, 11) is 0. The fourth-order valence-electron chi connectivity index (χ4n) is 3.30. The lowest BCUT2D eigenvalue weighted by molar-refractivity contribution is -0.0446. The van der Waals surface area contributed by atoms with Gasteiger partial charge in [-0.1, -0.05) is 13.3 Å². The molecule has 2 fully saturated rings. The first kappa shape index (κ1) is 13.4. The zero-order valence-electron chi connectivity index (χ0n) is 11.9. The molecule has 2 heterocycles. The number of aryl methyl sites for hydroxylation is 1. The van der Waals surface area contributed by atoms with Crippen molar-refractivity contribution in [3.8, 4) is 0 Å². The Morgan fingerprint density at radius 2 is 2.40 bits per heavy atom. The molecular formula is C14H22N4O2. The van der Waals surface area contributed by atoms with Crippen molar-refractivity contribution in [2.24, 2.45) is 0 Å². The molecule has 1 amide bonds. The zero-order valence-corrected chi connectivity index (χ0v) is 11.9. The maximum Gasteiger partial charge on any atom is 0.276 e. The molecule has 6 heteroatoms. The van der Waals surface area contributed by atoms with E-state index in [4.69, 9.17) is 10.5 Å². The van der Waals surface area contributed by atoms with Gasteiger partial charge in [0.05, 0.1) is 30.1 Å². The molecule has 1 aliphatic heterocycles. The monoisotopic (exact) mass is 278 g/mol. The van der Waals surface area contributed by atoms with Crippen LogP contribution in [0.25, 0.3) is 0 Å². The van der Waals surface area contributed by atoms with E-state index >= 15 is 0 Å². The number of nitrogens with two attached hydrogens (primary N) is 1. The number of fused-ring (bicyclic) bond motifs is 1. The van der Waals surface area contributed by atoms with Crippen LogP contribution in [0.1, 0.15) is 48.8 Å². The van der Waals surface area contributed by atoms with E-state index in [0.29, 0.717) is 24.5 Å². The van der Waals surface area contributed by atoms with Crippen molar-refractivity contribution in [2.45, 2.75) is 51.2 Å². The maximum absolute atomic E-state index is 12.7. The Bertz CT molecular complexity index is 499. The van der Waals surface area contributed by atoms with E-state index in [9.17, 15) is 4.79 Å². The number of aromatic nitrogens is 2. The first-order valence-electron chi connectivity index (χ1n) is 7.47. The number of nitrogens with one attached hydrogen (secondary N) is 1. The molecule has 1 aromatic heterocycles. The van der Waals surface area contributed by atoms with Crippen LogP contribution in [0.4, 0.5) is 5.69 Å². The molecule has 1 saturated heterocycles. The number of anilines is 1. The highest BCUT2D eigenvalue weighted by Crippen LogP contribution is 2.31. The highest BCUT2D eigenvalue weighted by Gasteiger charge is 2.39. The number of nitrogen functional groups attached to an aromatic ring is 1. The molecule has 3 N–H and O–H groups in total. The maximum atomic E-state index is 12.7. The number of carbonyl (C=O) groups is 1. The third kappa shape index (κ3) is 2.18. The van der Waals surface area contributed by atoms with Crippen LogP contribution in [0.15, 0.2) is 0 Å². The minimum Gasteiger partial charge on any atom is -0.395 e. The highest BCUT2D eigenvalue weighted by molar-refractivity contribution is 5.98. The lowest BCUT2D eigenvalue weighted by Crippen LogP contribution is -2.51. The molecule has 2 atom stereocenters. The van der Waals surface area contributed by atoms with Gasteiger partial charge in [-0.3, -0.25) is 9.89 Å². The Kier molecular flexibility index (Phi) is 3.65. The van der Waals surface area contributed by atoms with Gasteiger partial charge >= 0.3 is 0 Å². The normalized spacial score (nSPS) is 25.8. The molecule has 6 nitrogen and oxygen atoms in total. The van der Waals surface area contributed by atoms with Crippen LogP contribution in [0, 0.1) is 0 Å². The van der Waals surface area contributed by atoms with Crippen molar-refractivity contribution < 1.29 is 9.53 Å². The van der Waals surface area contributed by atoms with E-state index in [0.717, 1.165) is 37.8 Å². The first-order chi connectivity index (χ1) is 9.72. The van der Waals surface area contributed by atoms with E-state index in [1.165, 1.54) is 0 Å². The van der Waals surface area contributed by atoms with Gasteiger partial charge in [0.25, 0.3) is 5.91 Å². The van der Waals surface area contributed by atoms with Crippen molar-refractivity contribution in [3.63, 3.8) is 0 Å². The number of H-pyrrole nitrogens is 1. The molecule has 0 bridgehead atoms. The van der Waals surface area contributed by atoms with Gasteiger partial charge in [0, 0.05) is 6.54 Å². The van der Waals surface area contributed by atoms with Crippen molar-refractivity contribution in [1.82, 2.24) is 15.1 Å². The van der Waals surface area contributed by atoms with E-state index < -0.39 is 0 Å². The van der Waals surface area contributed by atoms with Crippen LogP contribution in [0.5, 0.6) is 0 Å². The smallest absolute Gasteiger partial charge is 0.276 e. The summed E-state index contributed by atoms with van der Waals surface area (Å²) < 4.78 is 5.74. The summed E-state index contributed by atoms with van der Waals surface area (Å²) in [6.07, 6.45) is 5.18. The van der Waals surface area contributed by atoms with Gasteiger partial charge in [0.1, 0.15) is 0 Å². The molecule has 0 radical (unpaired) electrons. The van der Waals surface area contributed by atoms with Crippen LogP contribution < -0.4 is 5.73 Å². The number of morpholine rings is 1. The van der Waals surface area contributed by atoms with E-state index in [1.807, 2.05) is 4.90 Å². The number of rotatable bonds is 3. The molecule has 0 aromatic carbocycles. The molecule has 3 rings (SSSR count). The van der Waals surface area contributed by atoms with Crippen molar-refractivity contribution in [2.75, 3.05) is 18.9 Å². The summed E-state index contributed by atoms with van der Waals surface area (Å²) >= 11 is 0. The number of hydrogen-bond donors (Lipinski definition) is 2. The van der Waals surface area contributed by atoms with Gasteiger partial charge < -0.3 is 15.4 Å². The largest absolute Gasteiger partial charge is 0.395 e. The molecule has 2 unspecified atom stereocenters. The quantitative estimate of drug-likeness (QED) is 0.873. The van der Waals surface area contributed by atoms with Gasteiger partial charge in [-0.25, -0.2) is 0 Å². The Balaban J connectivity index is 1.81. The summed E-state index contributed by atoms with van der Waals surface area (Å²) in [6, 6.07) is 0.196. The third-order valence-electron chi connectivity index (χ3n) is 4.33. The third-order valence-corrected chi connectivity index (χ3v) is 4.33. The van der Waals surface area contributed by atoms with Gasteiger partial charge in [-0.2, -0.15) is 5.10 Å². The average Bonchev–Trinajstić information content (AvgIpc) is 3.06. The molecule has 110 valence electrons. The van der Waals surface area contributed by atoms with Crippen LogP contribution in [-0.2, 0) is 11.2 Å². The molecule has 1 aliphatic carbocycles. The summed E-state index contributed by atoms with van der Waals surface area (Å²) in [4.78, 5) is 14.6. The van der Waals surface area contributed by atoms with Gasteiger partial charge in [0.15, 0.2) is 5.69 Å². The Morgan fingerprint density at radius 1 is 1.55 bits per heavy atom. The summed E-state index contributed by atoms with van der Waals surface area (Å²) in [5.74, 6) is -0.0543. The predicted octanol–water partition coefficient (Wildman–Crippen LogP) is 1.34. The fourth-order valence-corrected chi connectivity index (χ4v) is 3.30. The predicted molar refractivity (Wildman–Crippen MR) is 75.4 cm³/mol. The summed E-state index contributed by atoms with van der Waals surface area (Å²) in [6.45, 7) is 3.32. The highest BCUT2D eigenvalue weighted by atomic mass is 16.5. The number of carbonyl (C=O) groups excluding carboxylic acids is 1. The molecule has 0 spiro atoms. The number of aromatic amines is 1. The lowest BCUT2D eigenvalue weighted by atomic mass is 10.1. The van der Waals surface area contributed by atoms with E-state index in [1.54, 1.807) is 0 Å². The second kappa shape index (κ2) is 5.44. The second-order valence-electron chi connectivity index (χ2n) is 5.62. The molecule has 1 aromatic rings.